The van der Waals surface area contributed by atoms with Gasteiger partial charge in [-0.15, -0.1) is 0 Å². The largest absolute Gasteiger partial charge is 0.493 e. The summed E-state index contributed by atoms with van der Waals surface area (Å²) >= 11 is 0. The fraction of sp³-hybridized carbons (Fsp3) is 0.200. The molecule has 2 N–H and O–H groups in total. The molecule has 0 unspecified atom stereocenters. The average Bonchev–Trinajstić information content (AvgIpc) is 2.74. The molecule has 1 heterocycles. The second-order valence-corrected chi connectivity index (χ2v) is 3.14. The van der Waals surface area contributed by atoms with E-state index in [2.05, 4.69) is 20.6 Å². The number of hydrogen-bond acceptors (Lipinski definition) is 6. The van der Waals surface area contributed by atoms with Gasteiger partial charge >= 0.3 is 0 Å². The van der Waals surface area contributed by atoms with Crippen molar-refractivity contribution in [1.82, 2.24) is 20.3 Å². The zero-order valence-electron chi connectivity index (χ0n) is 9.32. The third kappa shape index (κ3) is 2.57. The van der Waals surface area contributed by atoms with E-state index in [4.69, 9.17) is 10.5 Å². The molecule has 2 aromatic rings. The van der Waals surface area contributed by atoms with Crippen molar-refractivity contribution < 1.29 is 4.74 Å². The Labute approximate surface area is 97.9 Å². The maximum absolute atomic E-state index is 5.48. The summed E-state index contributed by atoms with van der Waals surface area (Å²) in [7, 11) is 0. The SMILES string of the molecule is CCOc1ccccc1/C=N/n1nnnc1N. The highest BCUT2D eigenvalue weighted by Crippen LogP contribution is 2.15. The molecule has 7 heteroatoms. The number of aromatic nitrogens is 4. The van der Waals surface area contributed by atoms with Gasteiger partial charge < -0.3 is 10.5 Å². The molecule has 0 bridgehead atoms. The molecule has 1 aromatic carbocycles. The molecule has 0 saturated heterocycles. The fourth-order valence-corrected chi connectivity index (χ4v) is 1.26. The van der Waals surface area contributed by atoms with Crippen molar-refractivity contribution in [3.05, 3.63) is 29.8 Å². The summed E-state index contributed by atoms with van der Waals surface area (Å²) in [4.78, 5) is 1.14. The van der Waals surface area contributed by atoms with Crippen molar-refractivity contribution in [2.75, 3.05) is 12.3 Å². The molecule has 0 atom stereocenters. The molecule has 0 saturated carbocycles. The zero-order chi connectivity index (χ0) is 12.1. The predicted octanol–water partition coefficient (Wildman–Crippen LogP) is 0.536. The van der Waals surface area contributed by atoms with Gasteiger partial charge in [0.1, 0.15) is 5.75 Å². The molecule has 0 amide bonds. The number of nitrogen functional groups attached to an aromatic ring is 1. The quantitative estimate of drug-likeness (QED) is 0.776. The maximum Gasteiger partial charge on any atom is 0.263 e. The molecule has 1 aromatic heterocycles. The Balaban J connectivity index is 2.24. The second kappa shape index (κ2) is 5.06. The Kier molecular flexibility index (Phi) is 3.29. The molecule has 0 radical (unpaired) electrons. The molecule has 0 fully saturated rings. The number of nitrogens with two attached hydrogens (primary N) is 1. The topological polar surface area (TPSA) is 91.2 Å². The van der Waals surface area contributed by atoms with Crippen LogP contribution in [0, 0.1) is 0 Å². The Morgan fingerprint density at radius 2 is 2.29 bits per heavy atom. The first-order valence-electron chi connectivity index (χ1n) is 5.11. The number of anilines is 1. The van der Waals surface area contributed by atoms with E-state index in [9.17, 15) is 0 Å². The molecule has 2 rings (SSSR count). The van der Waals surface area contributed by atoms with Crippen LogP contribution in [0.1, 0.15) is 12.5 Å². The predicted molar refractivity (Wildman–Crippen MR) is 62.8 cm³/mol. The monoisotopic (exact) mass is 232 g/mol. The van der Waals surface area contributed by atoms with Gasteiger partial charge in [-0.05, 0) is 29.5 Å². The van der Waals surface area contributed by atoms with Crippen LogP contribution in [0.25, 0.3) is 0 Å². The van der Waals surface area contributed by atoms with Crippen LogP contribution in [-0.4, -0.2) is 33.1 Å². The highest BCUT2D eigenvalue weighted by atomic mass is 16.5. The van der Waals surface area contributed by atoms with Crippen molar-refractivity contribution in [3.63, 3.8) is 0 Å². The van der Waals surface area contributed by atoms with Crippen molar-refractivity contribution in [2.45, 2.75) is 6.92 Å². The van der Waals surface area contributed by atoms with Crippen LogP contribution >= 0.6 is 0 Å². The van der Waals surface area contributed by atoms with Crippen LogP contribution in [0.5, 0.6) is 5.75 Å². The molecule has 88 valence electrons. The molecule has 0 aliphatic carbocycles. The molecule has 0 aliphatic rings. The summed E-state index contributed by atoms with van der Waals surface area (Å²) in [6.45, 7) is 2.52. The first-order chi connectivity index (χ1) is 8.31. The van der Waals surface area contributed by atoms with Gasteiger partial charge in [0.05, 0.1) is 12.8 Å². The molecular weight excluding hydrogens is 220 g/mol. The Morgan fingerprint density at radius 1 is 1.47 bits per heavy atom. The molecule has 17 heavy (non-hydrogen) atoms. The first-order valence-corrected chi connectivity index (χ1v) is 5.11. The van der Waals surface area contributed by atoms with E-state index >= 15 is 0 Å². The van der Waals surface area contributed by atoms with Gasteiger partial charge in [-0.2, -0.15) is 5.10 Å². The van der Waals surface area contributed by atoms with E-state index < -0.39 is 0 Å². The number of hydrogen-bond donors (Lipinski definition) is 1. The second-order valence-electron chi connectivity index (χ2n) is 3.14. The number of tetrazole rings is 1. The lowest BCUT2D eigenvalue weighted by Crippen LogP contribution is -2.01. The number of benzene rings is 1. The molecule has 0 spiro atoms. The number of para-hydroxylation sites is 1. The number of rotatable bonds is 4. The van der Waals surface area contributed by atoms with Crippen LogP contribution in [0.2, 0.25) is 0 Å². The summed E-state index contributed by atoms with van der Waals surface area (Å²) in [6.07, 6.45) is 1.59. The highest BCUT2D eigenvalue weighted by molar-refractivity contribution is 5.83. The summed E-state index contributed by atoms with van der Waals surface area (Å²) in [5.41, 5.74) is 6.32. The smallest absolute Gasteiger partial charge is 0.263 e. The van der Waals surface area contributed by atoms with Gasteiger partial charge in [-0.1, -0.05) is 22.0 Å². The van der Waals surface area contributed by atoms with Crippen LogP contribution in [0.15, 0.2) is 29.4 Å². The van der Waals surface area contributed by atoms with Gasteiger partial charge in [0, 0.05) is 5.56 Å². The third-order valence-electron chi connectivity index (χ3n) is 2.00. The van der Waals surface area contributed by atoms with Crippen molar-refractivity contribution in [1.29, 1.82) is 0 Å². The van der Waals surface area contributed by atoms with E-state index in [1.54, 1.807) is 6.21 Å². The van der Waals surface area contributed by atoms with E-state index in [1.807, 2.05) is 31.2 Å². The van der Waals surface area contributed by atoms with E-state index in [0.29, 0.717) is 6.61 Å². The summed E-state index contributed by atoms with van der Waals surface area (Å²) in [5.74, 6) is 0.889. The summed E-state index contributed by atoms with van der Waals surface area (Å²) in [6, 6.07) is 7.55. The Morgan fingerprint density at radius 3 is 3.00 bits per heavy atom. The highest BCUT2D eigenvalue weighted by Gasteiger charge is 2.00. The third-order valence-corrected chi connectivity index (χ3v) is 2.00. The van der Waals surface area contributed by atoms with Crippen LogP contribution < -0.4 is 10.5 Å². The van der Waals surface area contributed by atoms with Crippen molar-refractivity contribution in [3.8, 4) is 5.75 Å². The van der Waals surface area contributed by atoms with Crippen LogP contribution in [0.3, 0.4) is 0 Å². The number of ether oxygens (including phenoxy) is 1. The standard InChI is InChI=1S/C10H12N6O/c1-2-17-9-6-4-3-5-8(9)7-12-16-10(11)13-14-15-16/h3-7H,2H2,1H3,(H2,11,13,15)/b12-7+. The summed E-state index contributed by atoms with van der Waals surface area (Å²) < 4.78 is 5.45. The number of nitrogens with zero attached hydrogens (tertiary/aromatic N) is 5. The molecule has 7 nitrogen and oxygen atoms in total. The van der Waals surface area contributed by atoms with Crippen molar-refractivity contribution in [2.24, 2.45) is 5.10 Å². The van der Waals surface area contributed by atoms with Gasteiger partial charge in [0.25, 0.3) is 5.95 Å². The zero-order valence-corrected chi connectivity index (χ0v) is 9.32. The van der Waals surface area contributed by atoms with Gasteiger partial charge in [0.2, 0.25) is 0 Å². The lowest BCUT2D eigenvalue weighted by atomic mass is 10.2. The minimum absolute atomic E-state index is 0.134. The Hall–Kier alpha value is -2.44. The van der Waals surface area contributed by atoms with Gasteiger partial charge in [0.15, 0.2) is 0 Å². The summed E-state index contributed by atoms with van der Waals surface area (Å²) in [5, 5.41) is 14.5. The lowest BCUT2D eigenvalue weighted by Gasteiger charge is -2.05. The Bertz CT molecular complexity index is 521. The normalized spacial score (nSPS) is 10.9. The van der Waals surface area contributed by atoms with E-state index in [-0.39, 0.29) is 5.95 Å². The van der Waals surface area contributed by atoms with Gasteiger partial charge in [-0.25, -0.2) is 0 Å². The average molecular weight is 232 g/mol. The van der Waals surface area contributed by atoms with E-state index in [1.165, 1.54) is 0 Å². The van der Waals surface area contributed by atoms with Crippen molar-refractivity contribution >= 4 is 12.2 Å². The first kappa shape index (κ1) is 11.1. The molecule has 0 aliphatic heterocycles. The van der Waals surface area contributed by atoms with Gasteiger partial charge in [-0.3, -0.25) is 0 Å². The lowest BCUT2D eigenvalue weighted by molar-refractivity contribution is 0.340. The minimum Gasteiger partial charge on any atom is -0.493 e. The van der Waals surface area contributed by atoms with E-state index in [0.717, 1.165) is 16.1 Å². The molecular formula is C10H12N6O. The minimum atomic E-state index is 0.134. The van der Waals surface area contributed by atoms with Crippen LogP contribution in [0.4, 0.5) is 5.95 Å². The fourth-order valence-electron chi connectivity index (χ4n) is 1.26. The maximum atomic E-state index is 5.48. The van der Waals surface area contributed by atoms with Crippen LogP contribution in [-0.2, 0) is 0 Å².